The molecule has 0 amide bonds. The molecule has 0 radical (unpaired) electrons. The number of halogens is 1. The minimum absolute atomic E-state index is 0.204. The molecule has 0 aliphatic heterocycles. The van der Waals surface area contributed by atoms with E-state index in [0.29, 0.717) is 12.2 Å². The predicted octanol–water partition coefficient (Wildman–Crippen LogP) is 0.855. The van der Waals surface area contributed by atoms with Crippen molar-refractivity contribution in [3.63, 3.8) is 0 Å². The van der Waals surface area contributed by atoms with E-state index in [4.69, 9.17) is 11.6 Å². The number of rotatable bonds is 2. The smallest absolute Gasteiger partial charge is 0.275 e. The highest BCUT2D eigenvalue weighted by Gasteiger charge is 2.02. The second-order valence-corrected chi connectivity index (χ2v) is 2.29. The van der Waals surface area contributed by atoms with Crippen LogP contribution in [0, 0.1) is 0 Å². The van der Waals surface area contributed by atoms with Crippen molar-refractivity contribution in [3.8, 4) is 0 Å². The molecule has 1 aromatic rings. The van der Waals surface area contributed by atoms with Crippen molar-refractivity contribution >= 4 is 17.3 Å². The SMILES string of the molecule is CCNc1c(Cl)nc[nH]c1=O. The molecule has 0 fully saturated rings. The Kier molecular flexibility index (Phi) is 2.48. The highest BCUT2D eigenvalue weighted by atomic mass is 35.5. The molecule has 0 atom stereocenters. The summed E-state index contributed by atoms with van der Waals surface area (Å²) in [4.78, 5) is 17.1. The van der Waals surface area contributed by atoms with Crippen molar-refractivity contribution in [2.75, 3.05) is 11.9 Å². The molecule has 1 aromatic heterocycles. The maximum absolute atomic E-state index is 11.0. The lowest BCUT2D eigenvalue weighted by atomic mass is 10.5. The monoisotopic (exact) mass is 173 g/mol. The van der Waals surface area contributed by atoms with Gasteiger partial charge in [-0.05, 0) is 6.92 Å². The van der Waals surface area contributed by atoms with E-state index in [0.717, 1.165) is 0 Å². The van der Waals surface area contributed by atoms with Crippen LogP contribution in [0.2, 0.25) is 5.15 Å². The summed E-state index contributed by atoms with van der Waals surface area (Å²) >= 11 is 5.61. The van der Waals surface area contributed by atoms with E-state index in [2.05, 4.69) is 15.3 Å². The zero-order chi connectivity index (χ0) is 8.27. The maximum atomic E-state index is 11.0. The quantitative estimate of drug-likeness (QED) is 0.653. The molecule has 0 aromatic carbocycles. The first-order valence-electron chi connectivity index (χ1n) is 3.22. The molecular formula is C6H8ClN3O. The van der Waals surface area contributed by atoms with Gasteiger partial charge in [0.05, 0.1) is 6.33 Å². The summed E-state index contributed by atoms with van der Waals surface area (Å²) in [5, 5.41) is 3.01. The molecule has 0 aliphatic carbocycles. The summed E-state index contributed by atoms with van der Waals surface area (Å²) < 4.78 is 0. The lowest BCUT2D eigenvalue weighted by Gasteiger charge is -2.01. The van der Waals surface area contributed by atoms with Crippen molar-refractivity contribution in [1.29, 1.82) is 0 Å². The van der Waals surface area contributed by atoms with Crippen LogP contribution < -0.4 is 10.9 Å². The fourth-order valence-electron chi connectivity index (χ4n) is 0.708. The van der Waals surface area contributed by atoms with E-state index in [1.165, 1.54) is 6.33 Å². The summed E-state index contributed by atoms with van der Waals surface area (Å²) in [6.07, 6.45) is 1.27. The number of nitrogens with one attached hydrogen (secondary N) is 2. The van der Waals surface area contributed by atoms with Crippen LogP contribution in [0.5, 0.6) is 0 Å². The molecule has 1 heterocycles. The van der Waals surface area contributed by atoms with Crippen LogP contribution in [0.4, 0.5) is 5.69 Å². The highest BCUT2D eigenvalue weighted by Crippen LogP contribution is 2.10. The van der Waals surface area contributed by atoms with Gasteiger partial charge in [0.15, 0.2) is 5.15 Å². The van der Waals surface area contributed by atoms with Crippen molar-refractivity contribution < 1.29 is 0 Å². The van der Waals surface area contributed by atoms with Gasteiger partial charge < -0.3 is 10.3 Å². The van der Waals surface area contributed by atoms with Crippen molar-refractivity contribution in [2.45, 2.75) is 6.92 Å². The van der Waals surface area contributed by atoms with E-state index in [-0.39, 0.29) is 10.7 Å². The molecule has 0 unspecified atom stereocenters. The van der Waals surface area contributed by atoms with Crippen LogP contribution in [0.25, 0.3) is 0 Å². The Bertz CT molecular complexity index is 296. The lowest BCUT2D eigenvalue weighted by molar-refractivity contribution is 1.09. The van der Waals surface area contributed by atoms with Gasteiger partial charge in [0, 0.05) is 6.54 Å². The standard InChI is InChI=1S/C6H8ClN3O/c1-2-8-4-5(7)9-3-10-6(4)11/h3,8H,2H2,1H3,(H,9,10,11). The zero-order valence-corrected chi connectivity index (χ0v) is 6.77. The molecule has 1 rings (SSSR count). The van der Waals surface area contributed by atoms with Crippen LogP contribution in [0.3, 0.4) is 0 Å². The van der Waals surface area contributed by atoms with Crippen LogP contribution in [0.15, 0.2) is 11.1 Å². The summed E-state index contributed by atoms with van der Waals surface area (Å²) in [6.45, 7) is 2.53. The van der Waals surface area contributed by atoms with Crippen molar-refractivity contribution in [1.82, 2.24) is 9.97 Å². The van der Waals surface area contributed by atoms with Crippen LogP contribution in [-0.2, 0) is 0 Å². The molecule has 60 valence electrons. The molecule has 0 aliphatic rings. The number of hydrogen-bond acceptors (Lipinski definition) is 3. The minimum atomic E-state index is -0.244. The molecule has 5 heteroatoms. The zero-order valence-electron chi connectivity index (χ0n) is 6.02. The molecular weight excluding hydrogens is 166 g/mol. The first-order valence-corrected chi connectivity index (χ1v) is 3.60. The number of aromatic amines is 1. The fourth-order valence-corrected chi connectivity index (χ4v) is 0.909. The van der Waals surface area contributed by atoms with Crippen molar-refractivity contribution in [3.05, 3.63) is 21.8 Å². The predicted molar refractivity (Wildman–Crippen MR) is 44.0 cm³/mol. The summed E-state index contributed by atoms with van der Waals surface area (Å²) in [6, 6.07) is 0. The normalized spacial score (nSPS) is 9.64. The van der Waals surface area contributed by atoms with Gasteiger partial charge in [-0.15, -0.1) is 0 Å². The molecule has 0 bridgehead atoms. The van der Waals surface area contributed by atoms with E-state index in [9.17, 15) is 4.79 Å². The number of aromatic nitrogens is 2. The van der Waals surface area contributed by atoms with Gasteiger partial charge in [0.25, 0.3) is 5.56 Å². The van der Waals surface area contributed by atoms with Gasteiger partial charge in [0.1, 0.15) is 5.69 Å². The largest absolute Gasteiger partial charge is 0.378 e. The molecule has 2 N–H and O–H groups in total. The summed E-state index contributed by atoms with van der Waals surface area (Å²) in [5.74, 6) is 0. The van der Waals surface area contributed by atoms with E-state index in [1.54, 1.807) is 0 Å². The van der Waals surface area contributed by atoms with Gasteiger partial charge in [-0.1, -0.05) is 11.6 Å². The third kappa shape index (κ3) is 1.71. The van der Waals surface area contributed by atoms with E-state index in [1.807, 2.05) is 6.92 Å². The Labute approximate surface area is 68.6 Å². The molecule has 0 saturated carbocycles. The first kappa shape index (κ1) is 8.07. The minimum Gasteiger partial charge on any atom is -0.378 e. The molecule has 11 heavy (non-hydrogen) atoms. The van der Waals surface area contributed by atoms with Gasteiger partial charge in [0.2, 0.25) is 0 Å². The van der Waals surface area contributed by atoms with E-state index >= 15 is 0 Å². The average molecular weight is 174 g/mol. The number of anilines is 1. The van der Waals surface area contributed by atoms with Gasteiger partial charge in [-0.3, -0.25) is 4.79 Å². The third-order valence-corrected chi connectivity index (χ3v) is 1.45. The average Bonchev–Trinajstić information content (AvgIpc) is 1.97. The van der Waals surface area contributed by atoms with Crippen LogP contribution >= 0.6 is 11.6 Å². The Morgan fingerprint density at radius 1 is 1.82 bits per heavy atom. The summed E-state index contributed by atoms with van der Waals surface area (Å²) in [5.41, 5.74) is 0.0866. The topological polar surface area (TPSA) is 57.8 Å². The Morgan fingerprint density at radius 3 is 3.09 bits per heavy atom. The third-order valence-electron chi connectivity index (χ3n) is 1.16. The van der Waals surface area contributed by atoms with Crippen LogP contribution in [0.1, 0.15) is 6.92 Å². The van der Waals surface area contributed by atoms with Gasteiger partial charge in [-0.2, -0.15) is 0 Å². The lowest BCUT2D eigenvalue weighted by Crippen LogP contribution is -2.14. The number of hydrogen-bond donors (Lipinski definition) is 2. The fraction of sp³-hybridized carbons (Fsp3) is 0.333. The molecule has 0 spiro atoms. The maximum Gasteiger partial charge on any atom is 0.275 e. The summed E-state index contributed by atoms with van der Waals surface area (Å²) in [7, 11) is 0. The van der Waals surface area contributed by atoms with Gasteiger partial charge in [-0.25, -0.2) is 4.98 Å². The van der Waals surface area contributed by atoms with Crippen LogP contribution in [-0.4, -0.2) is 16.5 Å². The second-order valence-electron chi connectivity index (χ2n) is 1.93. The molecule has 0 saturated heterocycles. The second kappa shape index (κ2) is 3.39. The van der Waals surface area contributed by atoms with E-state index < -0.39 is 0 Å². The Balaban J connectivity index is 3.10. The number of H-pyrrole nitrogens is 1. The highest BCUT2D eigenvalue weighted by molar-refractivity contribution is 6.31. The molecule has 4 nitrogen and oxygen atoms in total. The first-order chi connectivity index (χ1) is 5.25. The number of nitrogens with zero attached hydrogens (tertiary/aromatic N) is 1. The van der Waals surface area contributed by atoms with Gasteiger partial charge >= 0.3 is 0 Å². The Hall–Kier alpha value is -1.03. The van der Waals surface area contributed by atoms with Crippen molar-refractivity contribution in [2.24, 2.45) is 0 Å². The Morgan fingerprint density at radius 2 is 2.55 bits per heavy atom.